The number of halogens is 1. The van der Waals surface area contributed by atoms with E-state index in [1.165, 1.54) is 4.88 Å². The number of benzene rings is 1. The van der Waals surface area contributed by atoms with Crippen LogP contribution >= 0.6 is 22.9 Å². The molecule has 2 aromatic heterocycles. The van der Waals surface area contributed by atoms with Gasteiger partial charge in [0.05, 0.1) is 17.6 Å². The van der Waals surface area contributed by atoms with Crippen LogP contribution in [0, 0.1) is 0 Å². The van der Waals surface area contributed by atoms with Crippen LogP contribution in [0.5, 0.6) is 0 Å². The number of nitrogens with zero attached hydrogens (tertiary/aromatic N) is 1. The largest absolute Gasteiger partial charge is 0.402 e. The van der Waals surface area contributed by atoms with Gasteiger partial charge in [0.15, 0.2) is 0 Å². The average molecular weight is 548 g/mol. The summed E-state index contributed by atoms with van der Waals surface area (Å²) in [4.78, 5) is 5.72. The molecule has 6 N–H and O–H groups in total. The van der Waals surface area contributed by atoms with E-state index in [9.17, 15) is 18.6 Å². The van der Waals surface area contributed by atoms with Gasteiger partial charge in [-0.25, -0.2) is 13.6 Å². The molecule has 192 valence electrons. The predicted octanol–water partition coefficient (Wildman–Crippen LogP) is 4.27. The van der Waals surface area contributed by atoms with Crippen LogP contribution < -0.4 is 10.9 Å². The molecule has 0 saturated heterocycles. The highest BCUT2D eigenvalue weighted by Gasteiger charge is 2.32. The van der Waals surface area contributed by atoms with Crippen molar-refractivity contribution >= 4 is 43.0 Å². The molecule has 1 saturated carbocycles. The fraction of sp³-hybridized carbons (Fsp3) is 0.346. The van der Waals surface area contributed by atoms with E-state index in [4.69, 9.17) is 22.5 Å². The van der Waals surface area contributed by atoms with Crippen molar-refractivity contribution in [2.45, 2.75) is 49.9 Å². The number of primary sulfonamides is 1. The van der Waals surface area contributed by atoms with Crippen LogP contribution in [0.25, 0.3) is 21.3 Å². The lowest BCUT2D eigenvalue weighted by Gasteiger charge is -2.21. The summed E-state index contributed by atoms with van der Waals surface area (Å²) in [7, 11) is -3.13. The lowest BCUT2D eigenvalue weighted by molar-refractivity contribution is -0.00230. The number of aliphatic hydroxyl groups is 2. The van der Waals surface area contributed by atoms with E-state index in [1.54, 1.807) is 30.5 Å². The maximum absolute atomic E-state index is 10.4. The van der Waals surface area contributed by atoms with Crippen molar-refractivity contribution in [2.24, 2.45) is 10.9 Å². The lowest BCUT2D eigenvalue weighted by atomic mass is 9.96. The zero-order valence-electron chi connectivity index (χ0n) is 19.9. The molecule has 1 aromatic carbocycles. The van der Waals surface area contributed by atoms with E-state index < -0.39 is 15.6 Å². The van der Waals surface area contributed by atoms with Crippen LogP contribution in [0.1, 0.15) is 43.0 Å². The molecular formula is C26H30ClN3O4S2. The van der Waals surface area contributed by atoms with Gasteiger partial charge in [-0.05, 0) is 73.4 Å². The fourth-order valence-corrected chi connectivity index (χ4v) is 6.14. The molecule has 0 bridgehead atoms. The van der Waals surface area contributed by atoms with Crippen molar-refractivity contribution in [1.29, 1.82) is 0 Å². The van der Waals surface area contributed by atoms with E-state index in [-0.39, 0.29) is 11.9 Å². The number of pyridine rings is 1. The molecule has 3 aromatic rings. The maximum Gasteiger partial charge on any atom is 0.211 e. The molecule has 1 unspecified atom stereocenters. The van der Waals surface area contributed by atoms with Gasteiger partial charge < -0.3 is 15.9 Å². The van der Waals surface area contributed by atoms with Gasteiger partial charge in [0, 0.05) is 38.5 Å². The molecule has 7 nitrogen and oxygen atoms in total. The summed E-state index contributed by atoms with van der Waals surface area (Å²) in [6.45, 7) is 1.24. The number of fused-ring (bicyclic) bond motifs is 1. The predicted molar refractivity (Wildman–Crippen MR) is 146 cm³/mol. The van der Waals surface area contributed by atoms with Gasteiger partial charge in [0.1, 0.15) is 5.60 Å². The van der Waals surface area contributed by atoms with Crippen LogP contribution in [-0.4, -0.2) is 35.5 Å². The maximum atomic E-state index is 10.4. The van der Waals surface area contributed by atoms with Crippen molar-refractivity contribution in [3.05, 3.63) is 75.4 Å². The number of aromatic nitrogens is 1. The van der Waals surface area contributed by atoms with Gasteiger partial charge in [-0.2, -0.15) is 0 Å². The molecular weight excluding hydrogens is 518 g/mol. The molecule has 10 heteroatoms. The summed E-state index contributed by atoms with van der Waals surface area (Å²) in [5.41, 5.74) is 9.08. The van der Waals surface area contributed by atoms with Crippen molar-refractivity contribution in [3.8, 4) is 11.3 Å². The summed E-state index contributed by atoms with van der Waals surface area (Å²) < 4.78 is 21.5. The van der Waals surface area contributed by atoms with Crippen molar-refractivity contribution in [2.75, 3.05) is 6.61 Å². The Morgan fingerprint density at radius 2 is 1.97 bits per heavy atom. The van der Waals surface area contributed by atoms with Gasteiger partial charge in [0.2, 0.25) is 10.0 Å². The molecule has 0 amide bonds. The standard InChI is InChI=1S/C23H23ClN2O2S.C3H7NO2S/c1-23(28,13-27)16-7-8-26-21(12-16)19-4-2-3-14-10-18(29-22(14)19)11-15-9-17(25)5-6-20(15)24;4-7(5,6)3-1-2-3/h2-4,7-10,12,27-28H,5-6,11,13,25H2,1H3;3H,1-2H2,(H2,4,5,6). The minimum absolute atomic E-state index is 0.201. The van der Waals surface area contributed by atoms with Crippen LogP contribution in [0.4, 0.5) is 0 Å². The fourth-order valence-electron chi connectivity index (χ4n) is 3.93. The molecule has 2 heterocycles. The summed E-state index contributed by atoms with van der Waals surface area (Å²) in [5.74, 6) is 0. The van der Waals surface area contributed by atoms with Crippen LogP contribution in [0.15, 0.2) is 65.0 Å². The average Bonchev–Trinajstić information content (AvgIpc) is 3.62. The normalized spacial score (nSPS) is 17.9. The molecule has 36 heavy (non-hydrogen) atoms. The Morgan fingerprint density at radius 3 is 2.61 bits per heavy atom. The second-order valence-corrected chi connectivity index (χ2v) is 12.9. The molecule has 1 fully saturated rings. The zero-order chi connectivity index (χ0) is 26.1. The Labute approximate surface area is 220 Å². The Hall–Kier alpha value is -2.27. The van der Waals surface area contributed by atoms with Crippen molar-refractivity contribution in [3.63, 3.8) is 0 Å². The van der Waals surface area contributed by atoms with E-state index >= 15 is 0 Å². The first-order valence-electron chi connectivity index (χ1n) is 11.6. The first kappa shape index (κ1) is 26.8. The molecule has 0 aliphatic heterocycles. The Morgan fingerprint density at radius 1 is 1.22 bits per heavy atom. The molecule has 1 atom stereocenters. The molecule has 5 rings (SSSR count). The highest BCUT2D eigenvalue weighted by molar-refractivity contribution is 7.90. The number of hydrogen-bond acceptors (Lipinski definition) is 7. The molecule has 0 spiro atoms. The minimum Gasteiger partial charge on any atom is -0.402 e. The topological polar surface area (TPSA) is 140 Å². The summed E-state index contributed by atoms with van der Waals surface area (Å²) >= 11 is 8.15. The Bertz CT molecular complexity index is 1440. The van der Waals surface area contributed by atoms with Gasteiger partial charge in [-0.3, -0.25) is 4.98 Å². The number of aliphatic hydroxyl groups excluding tert-OH is 1. The van der Waals surface area contributed by atoms with Crippen LogP contribution in [0.3, 0.4) is 0 Å². The molecule has 2 aliphatic rings. The highest BCUT2D eigenvalue weighted by atomic mass is 35.5. The summed E-state index contributed by atoms with van der Waals surface area (Å²) in [5, 5.41) is 26.4. The number of sulfonamides is 1. The quantitative estimate of drug-likeness (QED) is 0.363. The van der Waals surface area contributed by atoms with E-state index in [0.29, 0.717) is 5.56 Å². The van der Waals surface area contributed by atoms with E-state index in [1.807, 2.05) is 24.3 Å². The van der Waals surface area contributed by atoms with Gasteiger partial charge in [-0.15, -0.1) is 11.3 Å². The van der Waals surface area contributed by atoms with E-state index in [0.717, 1.165) is 69.8 Å². The highest BCUT2D eigenvalue weighted by Crippen LogP contribution is 2.37. The second kappa shape index (κ2) is 10.6. The first-order chi connectivity index (χ1) is 17.0. The number of thiophene rings is 1. The Kier molecular flexibility index (Phi) is 7.89. The summed E-state index contributed by atoms with van der Waals surface area (Å²) in [6.07, 6.45) is 7.57. The van der Waals surface area contributed by atoms with Crippen molar-refractivity contribution in [1.82, 2.24) is 4.98 Å². The van der Waals surface area contributed by atoms with E-state index in [2.05, 4.69) is 17.1 Å². The number of nitrogens with two attached hydrogens (primary N) is 2. The third kappa shape index (κ3) is 6.34. The summed E-state index contributed by atoms with van der Waals surface area (Å²) in [6, 6.07) is 11.9. The molecule has 2 aliphatic carbocycles. The van der Waals surface area contributed by atoms with Gasteiger partial charge >= 0.3 is 0 Å². The zero-order valence-corrected chi connectivity index (χ0v) is 22.3. The van der Waals surface area contributed by atoms with Crippen LogP contribution in [0.2, 0.25) is 0 Å². The third-order valence-corrected chi connectivity index (χ3v) is 9.27. The number of allylic oxidation sites excluding steroid dienone is 4. The smallest absolute Gasteiger partial charge is 0.211 e. The SMILES string of the molecule is CC(O)(CO)c1ccnc(-c2cccc3cc(CC4=C(Cl)CCC(N)=C4)sc23)c1.NS(=O)(=O)C1CC1. The lowest BCUT2D eigenvalue weighted by Crippen LogP contribution is -2.25. The van der Waals surface area contributed by atoms with Crippen molar-refractivity contribution < 1.29 is 18.6 Å². The second-order valence-electron chi connectivity index (χ2n) is 9.41. The third-order valence-electron chi connectivity index (χ3n) is 6.26. The molecule has 0 radical (unpaired) electrons. The van der Waals surface area contributed by atoms with Gasteiger partial charge in [0.25, 0.3) is 0 Å². The van der Waals surface area contributed by atoms with Gasteiger partial charge in [-0.1, -0.05) is 29.8 Å². The Balaban J connectivity index is 0.000000375. The monoisotopic (exact) mass is 547 g/mol. The number of hydrogen-bond donors (Lipinski definition) is 4. The van der Waals surface area contributed by atoms with Crippen LogP contribution in [-0.2, 0) is 22.0 Å². The number of rotatable bonds is 6. The minimum atomic E-state index is -3.13. The first-order valence-corrected chi connectivity index (χ1v) is 14.4.